The van der Waals surface area contributed by atoms with Crippen molar-refractivity contribution in [3.63, 3.8) is 0 Å². The largest absolute Gasteiger partial charge is 0.376 e. The Morgan fingerprint density at radius 1 is 1.61 bits per heavy atom. The summed E-state index contributed by atoms with van der Waals surface area (Å²) in [5.41, 5.74) is 0.570. The van der Waals surface area contributed by atoms with Crippen LogP contribution in [-0.4, -0.2) is 29.2 Å². The Bertz CT molecular complexity index is 452. The van der Waals surface area contributed by atoms with Gasteiger partial charge in [-0.05, 0) is 32.3 Å². The first-order valence-electron chi connectivity index (χ1n) is 5.96. The molecule has 1 N–H and O–H groups in total. The lowest BCUT2D eigenvalue weighted by Gasteiger charge is -2.40. The van der Waals surface area contributed by atoms with E-state index in [4.69, 9.17) is 4.74 Å². The molecule has 1 heterocycles. The molecule has 0 amide bonds. The lowest BCUT2D eigenvalue weighted by molar-refractivity contribution is -0.385. The monoisotopic (exact) mass is 251 g/mol. The predicted molar refractivity (Wildman–Crippen MR) is 67.7 cm³/mol. The van der Waals surface area contributed by atoms with Gasteiger partial charge in [0.05, 0.1) is 10.5 Å². The maximum Gasteiger partial charge on any atom is 0.290 e. The number of aryl methyl sites for hydroxylation is 1. The second-order valence-electron chi connectivity index (χ2n) is 4.71. The van der Waals surface area contributed by atoms with E-state index in [-0.39, 0.29) is 11.3 Å². The van der Waals surface area contributed by atoms with Crippen LogP contribution in [0.15, 0.2) is 12.3 Å². The van der Waals surface area contributed by atoms with Gasteiger partial charge >= 0.3 is 0 Å². The summed E-state index contributed by atoms with van der Waals surface area (Å²) >= 11 is 0. The van der Waals surface area contributed by atoms with E-state index >= 15 is 0 Å². The van der Waals surface area contributed by atoms with Crippen molar-refractivity contribution in [3.05, 3.63) is 27.9 Å². The maximum absolute atomic E-state index is 10.7. The average Bonchev–Trinajstić information content (AvgIpc) is 2.27. The molecule has 1 aliphatic rings. The molecule has 0 radical (unpaired) electrons. The van der Waals surface area contributed by atoms with Gasteiger partial charge in [-0.1, -0.05) is 0 Å². The Morgan fingerprint density at radius 3 is 2.78 bits per heavy atom. The van der Waals surface area contributed by atoms with E-state index in [0.717, 1.165) is 12.8 Å². The zero-order valence-corrected chi connectivity index (χ0v) is 10.6. The molecule has 0 saturated heterocycles. The van der Waals surface area contributed by atoms with Crippen molar-refractivity contribution < 1.29 is 9.66 Å². The number of nitrogens with zero attached hydrogens (tertiary/aromatic N) is 2. The van der Waals surface area contributed by atoms with E-state index < -0.39 is 4.92 Å². The van der Waals surface area contributed by atoms with Crippen LogP contribution in [0.3, 0.4) is 0 Å². The molecule has 1 aromatic rings. The van der Waals surface area contributed by atoms with Gasteiger partial charge in [-0.3, -0.25) is 10.1 Å². The fourth-order valence-corrected chi connectivity index (χ4v) is 2.11. The van der Waals surface area contributed by atoms with Crippen LogP contribution in [0.4, 0.5) is 11.5 Å². The minimum Gasteiger partial charge on any atom is -0.376 e. The van der Waals surface area contributed by atoms with Crippen LogP contribution in [0.2, 0.25) is 0 Å². The number of pyridine rings is 1. The number of anilines is 1. The van der Waals surface area contributed by atoms with E-state index in [1.54, 1.807) is 20.1 Å². The summed E-state index contributed by atoms with van der Waals surface area (Å²) in [6.45, 7) is 2.40. The van der Waals surface area contributed by atoms with Crippen LogP contribution < -0.4 is 5.32 Å². The highest BCUT2D eigenvalue weighted by atomic mass is 16.6. The van der Waals surface area contributed by atoms with Gasteiger partial charge in [0.2, 0.25) is 0 Å². The molecule has 0 aromatic carbocycles. The third-order valence-electron chi connectivity index (χ3n) is 3.57. The van der Waals surface area contributed by atoms with E-state index in [1.165, 1.54) is 12.6 Å². The van der Waals surface area contributed by atoms with Gasteiger partial charge in [-0.25, -0.2) is 4.98 Å². The highest BCUT2D eigenvalue weighted by molar-refractivity contribution is 5.47. The van der Waals surface area contributed by atoms with Crippen LogP contribution in [-0.2, 0) is 4.74 Å². The van der Waals surface area contributed by atoms with Gasteiger partial charge in [0, 0.05) is 19.2 Å². The normalized spacial score (nSPS) is 17.0. The number of aromatic nitrogens is 1. The van der Waals surface area contributed by atoms with Gasteiger partial charge in [0.1, 0.15) is 12.0 Å². The molecule has 0 bridgehead atoms. The first-order chi connectivity index (χ1) is 8.56. The molecule has 18 heavy (non-hydrogen) atoms. The van der Waals surface area contributed by atoms with E-state index in [9.17, 15) is 10.1 Å². The van der Waals surface area contributed by atoms with Crippen LogP contribution in [0.5, 0.6) is 0 Å². The van der Waals surface area contributed by atoms with Crippen molar-refractivity contribution in [2.24, 2.45) is 0 Å². The third kappa shape index (κ3) is 2.43. The Morgan fingerprint density at radius 2 is 2.33 bits per heavy atom. The number of hydrogen-bond donors (Lipinski definition) is 1. The first-order valence-corrected chi connectivity index (χ1v) is 5.96. The molecule has 1 aliphatic carbocycles. The smallest absolute Gasteiger partial charge is 0.290 e. The first kappa shape index (κ1) is 12.8. The van der Waals surface area contributed by atoms with Crippen LogP contribution in [0, 0.1) is 17.0 Å². The highest BCUT2D eigenvalue weighted by Gasteiger charge is 2.36. The standard InChI is InChI=1S/C12H17N3O3/c1-9-6-11(13-7-10(9)15(16)17)14-8-12(18-2)4-3-5-12/h6-7H,3-5,8H2,1-2H3,(H,13,14). The van der Waals surface area contributed by atoms with Crippen LogP contribution in [0.25, 0.3) is 0 Å². The molecular weight excluding hydrogens is 234 g/mol. The Hall–Kier alpha value is -1.69. The third-order valence-corrected chi connectivity index (χ3v) is 3.57. The number of hydrogen-bond acceptors (Lipinski definition) is 5. The van der Waals surface area contributed by atoms with Crippen molar-refractivity contribution in [3.8, 4) is 0 Å². The number of nitrogens with one attached hydrogen (secondary N) is 1. The van der Waals surface area contributed by atoms with Crippen molar-refractivity contribution in [1.29, 1.82) is 0 Å². The van der Waals surface area contributed by atoms with Crippen LogP contribution >= 0.6 is 0 Å². The highest BCUT2D eigenvalue weighted by Crippen LogP contribution is 2.35. The van der Waals surface area contributed by atoms with Crippen molar-refractivity contribution in [2.75, 3.05) is 19.0 Å². The average molecular weight is 251 g/mol. The molecule has 1 aromatic heterocycles. The quantitative estimate of drug-likeness (QED) is 0.641. The molecular formula is C12H17N3O3. The fraction of sp³-hybridized carbons (Fsp3) is 0.583. The van der Waals surface area contributed by atoms with Crippen molar-refractivity contribution >= 4 is 11.5 Å². The zero-order chi connectivity index (χ0) is 13.2. The molecule has 1 saturated carbocycles. The van der Waals surface area contributed by atoms with E-state index in [2.05, 4.69) is 10.3 Å². The zero-order valence-electron chi connectivity index (χ0n) is 10.6. The summed E-state index contributed by atoms with van der Waals surface area (Å²) in [4.78, 5) is 14.3. The second-order valence-corrected chi connectivity index (χ2v) is 4.71. The van der Waals surface area contributed by atoms with Gasteiger partial charge < -0.3 is 10.1 Å². The summed E-state index contributed by atoms with van der Waals surface area (Å²) in [6.07, 6.45) is 4.56. The molecule has 0 aliphatic heterocycles. The van der Waals surface area contributed by atoms with Gasteiger partial charge in [-0.2, -0.15) is 0 Å². The predicted octanol–water partition coefficient (Wildman–Crippen LogP) is 2.28. The minimum absolute atomic E-state index is 0.0469. The number of ether oxygens (including phenoxy) is 1. The number of rotatable bonds is 5. The Labute approximate surface area is 106 Å². The second kappa shape index (κ2) is 4.89. The molecule has 0 unspecified atom stereocenters. The van der Waals surface area contributed by atoms with Gasteiger partial charge in [0.25, 0.3) is 5.69 Å². The summed E-state index contributed by atoms with van der Waals surface area (Å²) in [5.74, 6) is 0.654. The molecule has 0 atom stereocenters. The Balaban J connectivity index is 2.02. The lowest BCUT2D eigenvalue weighted by atomic mass is 9.80. The van der Waals surface area contributed by atoms with Crippen molar-refractivity contribution in [1.82, 2.24) is 4.98 Å². The molecule has 1 fully saturated rings. The van der Waals surface area contributed by atoms with Gasteiger partial charge in [-0.15, -0.1) is 0 Å². The summed E-state index contributed by atoms with van der Waals surface area (Å²) in [7, 11) is 1.72. The van der Waals surface area contributed by atoms with Crippen molar-refractivity contribution in [2.45, 2.75) is 31.8 Å². The topological polar surface area (TPSA) is 77.3 Å². The summed E-state index contributed by atoms with van der Waals surface area (Å²) < 4.78 is 5.49. The summed E-state index contributed by atoms with van der Waals surface area (Å²) in [5, 5.41) is 13.9. The van der Waals surface area contributed by atoms with Gasteiger partial charge in [0.15, 0.2) is 0 Å². The van der Waals surface area contributed by atoms with E-state index in [0.29, 0.717) is 17.9 Å². The fourth-order valence-electron chi connectivity index (χ4n) is 2.11. The van der Waals surface area contributed by atoms with Crippen LogP contribution in [0.1, 0.15) is 24.8 Å². The summed E-state index contributed by atoms with van der Waals surface area (Å²) in [6, 6.07) is 1.69. The number of nitro groups is 1. The molecule has 0 spiro atoms. The number of methoxy groups -OCH3 is 1. The SMILES string of the molecule is COC1(CNc2cc(C)c([N+](=O)[O-])cn2)CCC1. The Kier molecular flexibility index (Phi) is 3.47. The lowest BCUT2D eigenvalue weighted by Crippen LogP contribution is -2.45. The molecule has 98 valence electrons. The minimum atomic E-state index is -0.422. The molecule has 6 heteroatoms. The maximum atomic E-state index is 10.7. The molecule has 2 rings (SSSR count). The van der Waals surface area contributed by atoms with E-state index in [1.807, 2.05) is 0 Å². The molecule has 6 nitrogen and oxygen atoms in total.